The van der Waals surface area contributed by atoms with Crippen LogP contribution in [0.15, 0.2) is 0 Å². The fourth-order valence-electron chi connectivity index (χ4n) is 2.15. The third kappa shape index (κ3) is 6.70. The largest absolute Gasteiger partial charge is 0.376 e. The van der Waals surface area contributed by atoms with Crippen LogP contribution < -0.4 is 5.32 Å². The molecule has 1 N–H and O–H groups in total. The van der Waals surface area contributed by atoms with Gasteiger partial charge in [-0.25, -0.2) is 8.42 Å². The molecule has 6 heteroatoms. The zero-order valence-electron chi connectivity index (χ0n) is 12.1. The second-order valence-electron chi connectivity index (χ2n) is 4.92. The van der Waals surface area contributed by atoms with E-state index in [1.54, 1.807) is 6.92 Å². The van der Waals surface area contributed by atoms with Crippen molar-refractivity contribution in [2.24, 2.45) is 0 Å². The molecule has 114 valence electrons. The summed E-state index contributed by atoms with van der Waals surface area (Å²) >= 11 is 0. The predicted octanol–water partition coefficient (Wildman–Crippen LogP) is 0.985. The van der Waals surface area contributed by atoms with Gasteiger partial charge >= 0.3 is 0 Å². The molecule has 1 aliphatic heterocycles. The van der Waals surface area contributed by atoms with E-state index >= 15 is 0 Å². The molecular formula is C13H27NO4S. The second kappa shape index (κ2) is 8.89. The minimum atomic E-state index is -2.87. The van der Waals surface area contributed by atoms with Gasteiger partial charge in [0.1, 0.15) is 9.84 Å². The molecule has 2 atom stereocenters. The molecule has 1 saturated heterocycles. The number of nitrogens with one attached hydrogen (secondary N) is 1. The number of sulfone groups is 1. The molecule has 0 aromatic rings. The maximum atomic E-state index is 11.5. The van der Waals surface area contributed by atoms with Gasteiger partial charge in [0.25, 0.3) is 0 Å². The normalized spacial score (nSPS) is 22.3. The van der Waals surface area contributed by atoms with E-state index in [0.717, 1.165) is 19.4 Å². The van der Waals surface area contributed by atoms with Gasteiger partial charge in [0, 0.05) is 11.8 Å². The first-order valence-corrected chi connectivity index (χ1v) is 9.04. The van der Waals surface area contributed by atoms with Crippen LogP contribution in [0, 0.1) is 0 Å². The van der Waals surface area contributed by atoms with Gasteiger partial charge in [-0.05, 0) is 25.8 Å². The van der Waals surface area contributed by atoms with E-state index in [0.29, 0.717) is 26.2 Å². The molecule has 19 heavy (non-hydrogen) atoms. The van der Waals surface area contributed by atoms with Crippen molar-refractivity contribution in [3.8, 4) is 0 Å². The van der Waals surface area contributed by atoms with Crippen LogP contribution in [-0.4, -0.2) is 58.4 Å². The van der Waals surface area contributed by atoms with Crippen LogP contribution in [0.1, 0.15) is 33.1 Å². The second-order valence-corrected chi connectivity index (χ2v) is 7.40. The summed E-state index contributed by atoms with van der Waals surface area (Å²) in [4.78, 5) is 0. The molecule has 0 radical (unpaired) electrons. The van der Waals surface area contributed by atoms with Gasteiger partial charge in [-0.1, -0.05) is 13.8 Å². The van der Waals surface area contributed by atoms with Crippen molar-refractivity contribution in [1.82, 2.24) is 5.32 Å². The molecule has 0 amide bonds. The summed E-state index contributed by atoms with van der Waals surface area (Å²) in [6.45, 7) is 6.61. The Morgan fingerprint density at radius 2 is 2.11 bits per heavy atom. The Bertz CT molecular complexity index is 326. The molecule has 5 nitrogen and oxygen atoms in total. The molecule has 1 fully saturated rings. The van der Waals surface area contributed by atoms with Crippen molar-refractivity contribution in [3.63, 3.8) is 0 Å². The van der Waals surface area contributed by atoms with Gasteiger partial charge in [-0.2, -0.15) is 0 Å². The maximum absolute atomic E-state index is 11.5. The van der Waals surface area contributed by atoms with E-state index in [1.165, 1.54) is 0 Å². The summed E-state index contributed by atoms with van der Waals surface area (Å²) in [5.74, 6) is 0.491. The Balaban J connectivity index is 2.40. The molecule has 1 rings (SSSR count). The van der Waals surface area contributed by atoms with Crippen molar-refractivity contribution in [2.45, 2.75) is 45.3 Å². The van der Waals surface area contributed by atoms with Crippen LogP contribution in [0.2, 0.25) is 0 Å². The average Bonchev–Trinajstić information content (AvgIpc) is 2.43. The third-order valence-corrected chi connectivity index (χ3v) is 5.15. The summed E-state index contributed by atoms with van der Waals surface area (Å²) in [5, 5.41) is 3.44. The molecule has 1 heterocycles. The van der Waals surface area contributed by atoms with Gasteiger partial charge in [0.05, 0.1) is 31.7 Å². The first-order chi connectivity index (χ1) is 9.09. The molecule has 0 bridgehead atoms. The summed E-state index contributed by atoms with van der Waals surface area (Å²) < 4.78 is 34.1. The molecule has 1 aliphatic rings. The van der Waals surface area contributed by atoms with Crippen molar-refractivity contribution in [3.05, 3.63) is 0 Å². The Morgan fingerprint density at radius 3 is 2.68 bits per heavy atom. The van der Waals surface area contributed by atoms with Crippen LogP contribution in [0.5, 0.6) is 0 Å². The highest BCUT2D eigenvalue weighted by atomic mass is 32.2. The van der Waals surface area contributed by atoms with E-state index in [4.69, 9.17) is 9.47 Å². The molecule has 0 spiro atoms. The Hall–Kier alpha value is -0.170. The van der Waals surface area contributed by atoms with Gasteiger partial charge < -0.3 is 14.8 Å². The van der Waals surface area contributed by atoms with Crippen LogP contribution >= 0.6 is 0 Å². The minimum Gasteiger partial charge on any atom is -0.376 e. The van der Waals surface area contributed by atoms with Crippen LogP contribution in [0.3, 0.4) is 0 Å². The number of rotatable bonds is 9. The van der Waals surface area contributed by atoms with Crippen molar-refractivity contribution in [1.29, 1.82) is 0 Å². The fourth-order valence-corrected chi connectivity index (χ4v) is 3.05. The van der Waals surface area contributed by atoms with Gasteiger partial charge in [-0.15, -0.1) is 0 Å². The molecular weight excluding hydrogens is 266 g/mol. The summed E-state index contributed by atoms with van der Waals surface area (Å²) in [6, 6.07) is 0.187. The molecule has 0 saturated carbocycles. The first kappa shape index (κ1) is 16.9. The summed E-state index contributed by atoms with van der Waals surface area (Å²) in [6.07, 6.45) is 2.59. The highest BCUT2D eigenvalue weighted by Gasteiger charge is 2.24. The molecule has 0 aliphatic carbocycles. The van der Waals surface area contributed by atoms with E-state index in [2.05, 4.69) is 12.2 Å². The first-order valence-electron chi connectivity index (χ1n) is 7.22. The zero-order chi connectivity index (χ0) is 14.1. The summed E-state index contributed by atoms with van der Waals surface area (Å²) in [5.41, 5.74) is 0. The van der Waals surface area contributed by atoms with Gasteiger partial charge in [-0.3, -0.25) is 0 Å². The Labute approximate surface area is 117 Å². The third-order valence-electron chi connectivity index (χ3n) is 3.36. The summed E-state index contributed by atoms with van der Waals surface area (Å²) in [7, 11) is -2.87. The van der Waals surface area contributed by atoms with Crippen molar-refractivity contribution in [2.75, 3.05) is 37.9 Å². The predicted molar refractivity (Wildman–Crippen MR) is 76.2 cm³/mol. The van der Waals surface area contributed by atoms with E-state index < -0.39 is 9.84 Å². The molecule has 0 aromatic carbocycles. The lowest BCUT2D eigenvalue weighted by molar-refractivity contribution is -0.102. The number of hydrogen-bond acceptors (Lipinski definition) is 5. The van der Waals surface area contributed by atoms with Gasteiger partial charge in [0.15, 0.2) is 0 Å². The lowest BCUT2D eigenvalue weighted by Crippen LogP contribution is -2.47. The quantitative estimate of drug-likeness (QED) is 0.686. The van der Waals surface area contributed by atoms with Crippen LogP contribution in [-0.2, 0) is 19.3 Å². The Morgan fingerprint density at radius 1 is 1.32 bits per heavy atom. The van der Waals surface area contributed by atoms with Crippen molar-refractivity contribution < 1.29 is 17.9 Å². The van der Waals surface area contributed by atoms with Crippen molar-refractivity contribution >= 4 is 9.84 Å². The van der Waals surface area contributed by atoms with E-state index in [-0.39, 0.29) is 23.7 Å². The average molecular weight is 293 g/mol. The Kier molecular flexibility index (Phi) is 7.90. The monoisotopic (exact) mass is 293 g/mol. The topological polar surface area (TPSA) is 64.6 Å². The number of hydrogen-bond donors (Lipinski definition) is 1. The smallest absolute Gasteiger partial charge is 0.150 e. The van der Waals surface area contributed by atoms with Crippen LogP contribution in [0.25, 0.3) is 0 Å². The number of ether oxygens (including phenoxy) is 2. The highest BCUT2D eigenvalue weighted by molar-refractivity contribution is 7.91. The lowest BCUT2D eigenvalue weighted by atomic mass is 10.1. The van der Waals surface area contributed by atoms with Crippen LogP contribution in [0.4, 0.5) is 0 Å². The van der Waals surface area contributed by atoms with E-state index in [9.17, 15) is 8.42 Å². The lowest BCUT2D eigenvalue weighted by Gasteiger charge is -2.31. The molecule has 2 unspecified atom stereocenters. The fraction of sp³-hybridized carbons (Fsp3) is 1.00. The SMILES string of the molecule is CCCNC(CCCS(=O)(=O)CC)C1COCCO1. The van der Waals surface area contributed by atoms with E-state index in [1.807, 2.05) is 0 Å². The zero-order valence-corrected chi connectivity index (χ0v) is 12.9. The van der Waals surface area contributed by atoms with Gasteiger partial charge in [0.2, 0.25) is 0 Å². The highest BCUT2D eigenvalue weighted by Crippen LogP contribution is 2.12. The maximum Gasteiger partial charge on any atom is 0.150 e. The standard InChI is InChI=1S/C13H27NO4S/c1-3-7-14-12(13-11-17-8-9-18-13)6-5-10-19(15,16)4-2/h12-14H,3-11H2,1-2H3. The molecule has 0 aromatic heterocycles. The minimum absolute atomic E-state index is 0.0460.